The van der Waals surface area contributed by atoms with Crippen molar-refractivity contribution < 1.29 is 0 Å². The fourth-order valence-corrected chi connectivity index (χ4v) is 4.66. The van der Waals surface area contributed by atoms with Crippen LogP contribution in [0.5, 0.6) is 0 Å². The van der Waals surface area contributed by atoms with Crippen LogP contribution in [0.1, 0.15) is 71.0 Å². The lowest BCUT2D eigenvalue weighted by molar-refractivity contribution is 0.258. The van der Waals surface area contributed by atoms with E-state index >= 15 is 0 Å². The van der Waals surface area contributed by atoms with E-state index in [9.17, 15) is 0 Å². The van der Waals surface area contributed by atoms with Gasteiger partial charge in [-0.05, 0) is 62.8 Å². The molecule has 0 aliphatic heterocycles. The highest BCUT2D eigenvalue weighted by Gasteiger charge is 2.41. The largest absolute Gasteiger partial charge is 0.308 e. The maximum atomic E-state index is 4.75. The summed E-state index contributed by atoms with van der Waals surface area (Å²) in [7, 11) is 0. The van der Waals surface area contributed by atoms with Gasteiger partial charge in [0.2, 0.25) is 0 Å². The lowest BCUT2D eigenvalue weighted by Crippen LogP contribution is -2.36. The van der Waals surface area contributed by atoms with Gasteiger partial charge >= 0.3 is 0 Å². The molecular weight excluding hydrogens is 258 g/mol. The van der Waals surface area contributed by atoms with Gasteiger partial charge in [-0.25, -0.2) is 0 Å². The van der Waals surface area contributed by atoms with Gasteiger partial charge in [0.15, 0.2) is 0 Å². The van der Waals surface area contributed by atoms with Gasteiger partial charge in [0.05, 0.1) is 11.7 Å². The lowest BCUT2D eigenvalue weighted by Gasteiger charge is -2.28. The second-order valence-corrected chi connectivity index (χ2v) is 7.27. The first-order valence-corrected chi connectivity index (χ1v) is 8.98. The maximum absolute atomic E-state index is 4.75. The molecule has 2 saturated carbocycles. The van der Waals surface area contributed by atoms with E-state index in [0.29, 0.717) is 12.1 Å². The first-order chi connectivity index (χ1) is 10.2. The maximum Gasteiger partial charge on any atom is 0.0762 e. The molecule has 0 radical (unpaired) electrons. The van der Waals surface area contributed by atoms with Crippen molar-refractivity contribution in [1.82, 2.24) is 15.1 Å². The number of nitrogens with one attached hydrogen (secondary N) is 1. The summed E-state index contributed by atoms with van der Waals surface area (Å²) >= 11 is 0. The van der Waals surface area contributed by atoms with Gasteiger partial charge in [-0.3, -0.25) is 4.68 Å². The Kier molecular flexibility index (Phi) is 4.68. The molecule has 2 bridgehead atoms. The second kappa shape index (κ2) is 6.51. The van der Waals surface area contributed by atoms with Crippen LogP contribution in [0.25, 0.3) is 0 Å². The van der Waals surface area contributed by atoms with Gasteiger partial charge in [-0.2, -0.15) is 5.10 Å². The Balaban J connectivity index is 1.51. The van der Waals surface area contributed by atoms with Crippen molar-refractivity contribution in [3.05, 3.63) is 18.0 Å². The molecule has 1 heterocycles. The van der Waals surface area contributed by atoms with Gasteiger partial charge in [0.1, 0.15) is 0 Å². The summed E-state index contributed by atoms with van der Waals surface area (Å²) in [4.78, 5) is 0. The summed E-state index contributed by atoms with van der Waals surface area (Å²) in [6.45, 7) is 7.78. The summed E-state index contributed by atoms with van der Waals surface area (Å²) in [5, 5.41) is 8.49. The molecule has 0 saturated heterocycles. The minimum Gasteiger partial charge on any atom is -0.308 e. The fraction of sp³-hybridized carbons (Fsp3) is 0.833. The quantitative estimate of drug-likeness (QED) is 0.817. The highest BCUT2D eigenvalue weighted by molar-refractivity contribution is 5.01. The zero-order chi connectivity index (χ0) is 14.8. The van der Waals surface area contributed by atoms with Crippen LogP contribution in [0.3, 0.4) is 0 Å². The van der Waals surface area contributed by atoms with E-state index < -0.39 is 0 Å². The van der Waals surface area contributed by atoms with E-state index in [-0.39, 0.29) is 0 Å². The molecule has 0 aromatic carbocycles. The van der Waals surface area contributed by atoms with Crippen LogP contribution in [0.15, 0.2) is 12.3 Å². The topological polar surface area (TPSA) is 29.9 Å². The molecule has 3 heteroatoms. The van der Waals surface area contributed by atoms with Crippen molar-refractivity contribution in [2.45, 2.75) is 77.9 Å². The Morgan fingerprint density at radius 2 is 2.10 bits per heavy atom. The van der Waals surface area contributed by atoms with Crippen LogP contribution in [0, 0.1) is 17.8 Å². The summed E-state index contributed by atoms with van der Waals surface area (Å²) < 4.78 is 2.15. The van der Waals surface area contributed by atoms with Crippen LogP contribution in [-0.4, -0.2) is 15.8 Å². The van der Waals surface area contributed by atoms with Crippen molar-refractivity contribution in [2.75, 3.05) is 0 Å². The average molecular weight is 289 g/mol. The Bertz CT molecular complexity index is 449. The summed E-state index contributed by atoms with van der Waals surface area (Å²) in [5.74, 6) is 2.95. The van der Waals surface area contributed by atoms with Crippen LogP contribution < -0.4 is 5.32 Å². The lowest BCUT2D eigenvalue weighted by atomic mass is 9.84. The van der Waals surface area contributed by atoms with E-state index in [1.54, 1.807) is 0 Å². The average Bonchev–Trinajstić information content (AvgIpc) is 3.22. The van der Waals surface area contributed by atoms with E-state index in [1.807, 2.05) is 0 Å². The highest BCUT2D eigenvalue weighted by atomic mass is 15.3. The molecule has 3 rings (SSSR count). The first-order valence-electron chi connectivity index (χ1n) is 8.98. The minimum absolute atomic E-state index is 0.557. The third kappa shape index (κ3) is 3.18. The molecule has 2 fully saturated rings. The van der Waals surface area contributed by atoms with Crippen molar-refractivity contribution in [2.24, 2.45) is 17.8 Å². The molecule has 0 amide bonds. The molecule has 1 aromatic rings. The Hall–Kier alpha value is -0.830. The van der Waals surface area contributed by atoms with Crippen molar-refractivity contribution >= 4 is 0 Å². The minimum atomic E-state index is 0.557. The monoisotopic (exact) mass is 289 g/mol. The fourth-order valence-electron chi connectivity index (χ4n) is 4.66. The molecule has 4 atom stereocenters. The van der Waals surface area contributed by atoms with Crippen LogP contribution in [0.4, 0.5) is 0 Å². The molecule has 118 valence electrons. The standard InChI is InChI=1S/C18H31N3/c1-4-17(5-2)21-9-8-16(20-21)12-19-13(3)18-11-14-6-7-15(18)10-14/h8-9,13-15,17-19H,4-7,10-12H2,1-3H3. The van der Waals surface area contributed by atoms with Gasteiger partial charge in [0, 0.05) is 18.8 Å². The number of hydrogen-bond acceptors (Lipinski definition) is 2. The molecule has 3 nitrogen and oxygen atoms in total. The van der Waals surface area contributed by atoms with Crippen molar-refractivity contribution in [3.63, 3.8) is 0 Å². The summed E-state index contributed by atoms with van der Waals surface area (Å²) in [5.41, 5.74) is 1.19. The van der Waals surface area contributed by atoms with Crippen molar-refractivity contribution in [1.29, 1.82) is 0 Å². The molecule has 2 aliphatic carbocycles. The number of hydrogen-bond donors (Lipinski definition) is 1. The molecule has 1 N–H and O–H groups in total. The molecular formula is C18H31N3. The van der Waals surface area contributed by atoms with E-state index in [0.717, 1.165) is 37.1 Å². The second-order valence-electron chi connectivity index (χ2n) is 7.27. The van der Waals surface area contributed by atoms with E-state index in [2.05, 4.69) is 43.0 Å². The predicted octanol–water partition coefficient (Wildman–Crippen LogP) is 4.16. The van der Waals surface area contributed by atoms with E-state index in [4.69, 9.17) is 5.10 Å². The van der Waals surface area contributed by atoms with E-state index in [1.165, 1.54) is 31.4 Å². The summed E-state index contributed by atoms with van der Waals surface area (Å²) in [6, 6.07) is 3.37. The molecule has 0 spiro atoms. The number of rotatable bonds is 7. The third-order valence-corrected chi connectivity index (χ3v) is 6.02. The van der Waals surface area contributed by atoms with Crippen LogP contribution >= 0.6 is 0 Å². The Labute approximate surface area is 129 Å². The molecule has 2 aliphatic rings. The Morgan fingerprint density at radius 1 is 1.29 bits per heavy atom. The predicted molar refractivity (Wildman–Crippen MR) is 87.1 cm³/mol. The highest BCUT2D eigenvalue weighted by Crippen LogP contribution is 2.49. The van der Waals surface area contributed by atoms with Gasteiger partial charge in [-0.15, -0.1) is 0 Å². The summed E-state index contributed by atoms with van der Waals surface area (Å²) in [6.07, 6.45) is 10.4. The molecule has 1 aromatic heterocycles. The Morgan fingerprint density at radius 3 is 2.71 bits per heavy atom. The molecule has 4 unspecified atom stereocenters. The van der Waals surface area contributed by atoms with Crippen LogP contribution in [0.2, 0.25) is 0 Å². The normalized spacial score (nSPS) is 29.4. The van der Waals surface area contributed by atoms with Crippen LogP contribution in [-0.2, 0) is 6.54 Å². The van der Waals surface area contributed by atoms with Gasteiger partial charge in [-0.1, -0.05) is 20.3 Å². The zero-order valence-electron chi connectivity index (χ0n) is 13.9. The smallest absolute Gasteiger partial charge is 0.0762 e. The number of aromatic nitrogens is 2. The van der Waals surface area contributed by atoms with Crippen molar-refractivity contribution in [3.8, 4) is 0 Å². The number of fused-ring (bicyclic) bond motifs is 2. The zero-order valence-corrected chi connectivity index (χ0v) is 13.9. The molecule has 21 heavy (non-hydrogen) atoms. The first kappa shape index (κ1) is 15.1. The third-order valence-electron chi connectivity index (χ3n) is 6.02. The number of nitrogens with zero attached hydrogens (tertiary/aromatic N) is 2. The SMILES string of the molecule is CCC(CC)n1ccc(CNC(C)C2CC3CCC2C3)n1. The van der Waals surface area contributed by atoms with Gasteiger partial charge in [0.25, 0.3) is 0 Å². The van der Waals surface area contributed by atoms with Gasteiger partial charge < -0.3 is 5.32 Å².